The molecule has 16 heavy (non-hydrogen) atoms. The van der Waals surface area contributed by atoms with Gasteiger partial charge in [0, 0.05) is 19.1 Å². The number of ether oxygens (including phenoxy) is 1. The summed E-state index contributed by atoms with van der Waals surface area (Å²) in [5.74, 6) is 0. The van der Waals surface area contributed by atoms with Crippen LogP contribution in [0.25, 0.3) is 0 Å². The van der Waals surface area contributed by atoms with Gasteiger partial charge in [-0.2, -0.15) is 0 Å². The van der Waals surface area contributed by atoms with E-state index in [1.54, 1.807) is 0 Å². The molecule has 0 aromatic rings. The van der Waals surface area contributed by atoms with Gasteiger partial charge in [0.15, 0.2) is 0 Å². The molecule has 3 heteroatoms. The third-order valence-electron chi connectivity index (χ3n) is 3.94. The minimum Gasteiger partial charge on any atom is -0.391 e. The van der Waals surface area contributed by atoms with E-state index >= 15 is 0 Å². The van der Waals surface area contributed by atoms with E-state index in [0.29, 0.717) is 12.1 Å². The maximum atomic E-state index is 10.1. The Hall–Kier alpha value is -0.120. The van der Waals surface area contributed by atoms with Crippen LogP contribution >= 0.6 is 0 Å². The van der Waals surface area contributed by atoms with E-state index in [1.807, 2.05) is 0 Å². The van der Waals surface area contributed by atoms with E-state index < -0.39 is 0 Å². The van der Waals surface area contributed by atoms with Crippen LogP contribution < -0.4 is 0 Å². The zero-order valence-electron chi connectivity index (χ0n) is 10.4. The topological polar surface area (TPSA) is 32.7 Å². The number of hydrogen-bond acceptors (Lipinski definition) is 3. The summed E-state index contributed by atoms with van der Waals surface area (Å²) in [5.41, 5.74) is 0. The van der Waals surface area contributed by atoms with Crippen molar-refractivity contribution in [3.63, 3.8) is 0 Å². The summed E-state index contributed by atoms with van der Waals surface area (Å²) in [6.07, 6.45) is 7.26. The van der Waals surface area contributed by atoms with E-state index in [-0.39, 0.29) is 6.10 Å². The van der Waals surface area contributed by atoms with Crippen LogP contribution in [0.1, 0.15) is 45.4 Å². The summed E-state index contributed by atoms with van der Waals surface area (Å²) < 4.78 is 5.75. The Morgan fingerprint density at radius 2 is 2.12 bits per heavy atom. The lowest BCUT2D eigenvalue weighted by atomic mass is 9.91. The zero-order valence-corrected chi connectivity index (χ0v) is 10.4. The molecule has 1 heterocycles. The van der Waals surface area contributed by atoms with Crippen molar-refractivity contribution in [3.05, 3.63) is 0 Å². The molecule has 1 N–H and O–H groups in total. The molecule has 0 spiro atoms. The first kappa shape index (κ1) is 12.3. The van der Waals surface area contributed by atoms with Gasteiger partial charge in [0.2, 0.25) is 0 Å². The van der Waals surface area contributed by atoms with Crippen LogP contribution in [0.15, 0.2) is 0 Å². The molecule has 2 aliphatic rings. The summed E-state index contributed by atoms with van der Waals surface area (Å²) in [6.45, 7) is 5.07. The maximum absolute atomic E-state index is 10.1. The highest BCUT2D eigenvalue weighted by molar-refractivity contribution is 4.86. The first-order valence-electron chi connectivity index (χ1n) is 6.85. The molecule has 2 rings (SSSR count). The van der Waals surface area contributed by atoms with Crippen molar-refractivity contribution in [1.82, 2.24) is 4.90 Å². The third kappa shape index (κ3) is 2.96. The number of morpholine rings is 1. The predicted octanol–water partition coefficient (Wildman–Crippen LogP) is 1.79. The van der Waals surface area contributed by atoms with Gasteiger partial charge < -0.3 is 9.84 Å². The lowest BCUT2D eigenvalue weighted by molar-refractivity contribution is -0.0754. The van der Waals surface area contributed by atoms with Crippen LogP contribution in [-0.2, 0) is 4.74 Å². The van der Waals surface area contributed by atoms with Crippen molar-refractivity contribution >= 4 is 0 Å². The van der Waals surface area contributed by atoms with E-state index in [4.69, 9.17) is 4.74 Å². The van der Waals surface area contributed by atoms with E-state index in [0.717, 1.165) is 32.5 Å². The Bertz CT molecular complexity index is 208. The lowest BCUT2D eigenvalue weighted by Gasteiger charge is -2.42. The van der Waals surface area contributed by atoms with E-state index in [2.05, 4.69) is 11.8 Å². The first-order valence-corrected chi connectivity index (χ1v) is 6.85. The molecule has 1 aliphatic heterocycles. The fourth-order valence-electron chi connectivity index (χ4n) is 3.06. The molecule has 2 fully saturated rings. The van der Waals surface area contributed by atoms with E-state index in [9.17, 15) is 5.11 Å². The number of nitrogens with zero attached hydrogens (tertiary/aromatic N) is 1. The molecule has 0 aromatic carbocycles. The monoisotopic (exact) mass is 227 g/mol. The molecule has 0 radical (unpaired) electrons. The van der Waals surface area contributed by atoms with Gasteiger partial charge in [-0.1, -0.05) is 26.2 Å². The average molecular weight is 227 g/mol. The van der Waals surface area contributed by atoms with Gasteiger partial charge in [-0.15, -0.1) is 0 Å². The summed E-state index contributed by atoms with van der Waals surface area (Å²) >= 11 is 0. The molecule has 0 bridgehead atoms. The summed E-state index contributed by atoms with van der Waals surface area (Å²) in [6, 6.07) is 0.400. The van der Waals surface area contributed by atoms with Gasteiger partial charge in [-0.05, 0) is 19.3 Å². The minimum absolute atomic E-state index is 0.103. The summed E-state index contributed by atoms with van der Waals surface area (Å²) in [4.78, 5) is 2.47. The highest BCUT2D eigenvalue weighted by atomic mass is 16.5. The average Bonchev–Trinajstić information content (AvgIpc) is 2.30. The van der Waals surface area contributed by atoms with Crippen LogP contribution in [0.3, 0.4) is 0 Å². The van der Waals surface area contributed by atoms with Gasteiger partial charge in [0.05, 0.1) is 18.8 Å². The second kappa shape index (κ2) is 5.99. The Kier molecular flexibility index (Phi) is 4.62. The first-order chi connectivity index (χ1) is 7.81. The van der Waals surface area contributed by atoms with Gasteiger partial charge in [0.1, 0.15) is 0 Å². The minimum atomic E-state index is -0.103. The Morgan fingerprint density at radius 1 is 1.31 bits per heavy atom. The smallest absolute Gasteiger partial charge is 0.0702 e. The summed E-state index contributed by atoms with van der Waals surface area (Å²) in [5, 5.41) is 10.1. The van der Waals surface area contributed by atoms with Crippen LogP contribution in [0.5, 0.6) is 0 Å². The molecule has 0 aromatic heterocycles. The van der Waals surface area contributed by atoms with Crippen molar-refractivity contribution in [2.24, 2.45) is 0 Å². The number of hydrogen-bond donors (Lipinski definition) is 1. The van der Waals surface area contributed by atoms with Crippen molar-refractivity contribution in [2.75, 3.05) is 19.7 Å². The second-order valence-corrected chi connectivity index (χ2v) is 5.20. The predicted molar refractivity (Wildman–Crippen MR) is 64.5 cm³/mol. The van der Waals surface area contributed by atoms with Gasteiger partial charge in [-0.3, -0.25) is 4.90 Å². The number of aliphatic hydroxyl groups excluding tert-OH is 1. The molecule has 1 saturated heterocycles. The van der Waals surface area contributed by atoms with Gasteiger partial charge in [-0.25, -0.2) is 0 Å². The molecule has 3 nitrogen and oxygen atoms in total. The quantitative estimate of drug-likeness (QED) is 0.798. The molecule has 3 unspecified atom stereocenters. The van der Waals surface area contributed by atoms with Crippen LogP contribution in [-0.4, -0.2) is 48.0 Å². The van der Waals surface area contributed by atoms with Crippen molar-refractivity contribution in [3.8, 4) is 0 Å². The molecule has 94 valence electrons. The van der Waals surface area contributed by atoms with Gasteiger partial charge in [0.25, 0.3) is 0 Å². The van der Waals surface area contributed by atoms with Crippen molar-refractivity contribution in [1.29, 1.82) is 0 Å². The number of rotatable bonds is 3. The fraction of sp³-hybridized carbons (Fsp3) is 1.00. The molecule has 1 aliphatic carbocycles. The third-order valence-corrected chi connectivity index (χ3v) is 3.94. The van der Waals surface area contributed by atoms with Crippen LogP contribution in [0.2, 0.25) is 0 Å². The van der Waals surface area contributed by atoms with Crippen molar-refractivity contribution in [2.45, 2.75) is 63.7 Å². The maximum Gasteiger partial charge on any atom is 0.0702 e. The Morgan fingerprint density at radius 3 is 2.88 bits per heavy atom. The molecular formula is C13H25NO2. The molecule has 0 amide bonds. The summed E-state index contributed by atoms with van der Waals surface area (Å²) in [7, 11) is 0. The second-order valence-electron chi connectivity index (χ2n) is 5.20. The fourth-order valence-corrected chi connectivity index (χ4v) is 3.06. The van der Waals surface area contributed by atoms with Crippen LogP contribution in [0, 0.1) is 0 Å². The largest absolute Gasteiger partial charge is 0.391 e. The molecule has 1 saturated carbocycles. The highest BCUT2D eigenvalue weighted by Crippen LogP contribution is 2.25. The zero-order chi connectivity index (χ0) is 11.4. The van der Waals surface area contributed by atoms with Gasteiger partial charge >= 0.3 is 0 Å². The van der Waals surface area contributed by atoms with Crippen molar-refractivity contribution < 1.29 is 9.84 Å². The standard InChI is InChI=1S/C13H25NO2/c1-2-5-11-10-14(8-9-16-11)12-6-3-4-7-13(12)15/h11-13,15H,2-10H2,1H3. The number of aliphatic hydroxyl groups is 1. The molecule has 3 atom stereocenters. The normalized spacial score (nSPS) is 37.5. The lowest BCUT2D eigenvalue weighted by Crippen LogP contribution is -2.52. The molecular weight excluding hydrogens is 202 g/mol. The van der Waals surface area contributed by atoms with Crippen LogP contribution in [0.4, 0.5) is 0 Å². The Labute approximate surface area is 98.8 Å². The highest BCUT2D eigenvalue weighted by Gasteiger charge is 2.31. The SMILES string of the molecule is CCCC1CN(C2CCCCC2O)CCO1. The Balaban J connectivity index is 1.87. The van der Waals surface area contributed by atoms with E-state index in [1.165, 1.54) is 25.7 Å².